The molecule has 0 aromatic heterocycles. The Balaban J connectivity index is 0.00000243. The van der Waals surface area contributed by atoms with Crippen LogP contribution in [-0.2, 0) is 4.79 Å². The summed E-state index contributed by atoms with van der Waals surface area (Å²) in [6.07, 6.45) is 3.88. The van der Waals surface area contributed by atoms with Crippen LogP contribution < -0.4 is 20.1 Å². The molecule has 1 saturated heterocycles. The van der Waals surface area contributed by atoms with Gasteiger partial charge in [-0.25, -0.2) is 0 Å². The highest BCUT2D eigenvalue weighted by atomic mass is 35.5. The summed E-state index contributed by atoms with van der Waals surface area (Å²) in [7, 11) is 0. The molecule has 146 valence electrons. The van der Waals surface area contributed by atoms with Crippen LogP contribution in [0.1, 0.15) is 51.1 Å². The lowest BCUT2D eigenvalue weighted by atomic mass is 9.85. The molecule has 2 aliphatic heterocycles. The van der Waals surface area contributed by atoms with Crippen molar-refractivity contribution < 1.29 is 14.3 Å². The highest BCUT2D eigenvalue weighted by Crippen LogP contribution is 2.33. The Morgan fingerprint density at radius 1 is 1.31 bits per heavy atom. The molecule has 0 radical (unpaired) electrons. The highest BCUT2D eigenvalue weighted by Gasteiger charge is 2.23. The van der Waals surface area contributed by atoms with Crippen molar-refractivity contribution in [2.45, 2.75) is 45.6 Å². The Hall–Kier alpha value is -1.46. The number of piperidine rings is 1. The van der Waals surface area contributed by atoms with E-state index in [0.29, 0.717) is 31.5 Å². The van der Waals surface area contributed by atoms with Gasteiger partial charge >= 0.3 is 0 Å². The molecule has 3 rings (SSSR count). The van der Waals surface area contributed by atoms with E-state index in [4.69, 9.17) is 9.47 Å². The van der Waals surface area contributed by atoms with Gasteiger partial charge in [0.25, 0.3) is 0 Å². The van der Waals surface area contributed by atoms with Crippen molar-refractivity contribution in [1.82, 2.24) is 10.6 Å². The van der Waals surface area contributed by atoms with Crippen molar-refractivity contribution in [1.29, 1.82) is 0 Å². The number of amides is 1. The van der Waals surface area contributed by atoms with Gasteiger partial charge in [-0.15, -0.1) is 12.4 Å². The molecule has 6 heteroatoms. The average Bonchev–Trinajstić information content (AvgIpc) is 2.66. The number of carbonyl (C=O) groups excluding carboxylic acids is 1. The summed E-state index contributed by atoms with van der Waals surface area (Å²) in [5, 5.41) is 6.64. The zero-order valence-corrected chi connectivity index (χ0v) is 16.6. The van der Waals surface area contributed by atoms with Gasteiger partial charge in [-0.2, -0.15) is 0 Å². The van der Waals surface area contributed by atoms with Gasteiger partial charge in [-0.05, 0) is 61.9 Å². The minimum Gasteiger partial charge on any atom is -0.486 e. The topological polar surface area (TPSA) is 59.6 Å². The fourth-order valence-electron chi connectivity index (χ4n) is 3.77. The Kier molecular flexibility index (Phi) is 8.04. The summed E-state index contributed by atoms with van der Waals surface area (Å²) in [4.78, 5) is 12.5. The number of ether oxygens (including phenoxy) is 2. The number of rotatable bonds is 6. The summed E-state index contributed by atoms with van der Waals surface area (Å²) in [5.41, 5.74) is 1.08. The van der Waals surface area contributed by atoms with Crippen molar-refractivity contribution in [2.24, 2.45) is 11.8 Å². The SMILES string of the molecule is CCC(NC(=O)CC(C)C1CCCNC1)c1ccc2c(c1)OCCO2.Cl. The second kappa shape index (κ2) is 10.0. The molecule has 2 N–H and O–H groups in total. The standard InChI is InChI=1S/C20H30N2O3.ClH/c1-3-17(15-6-7-18-19(12-15)25-10-9-24-18)22-20(23)11-14(2)16-5-4-8-21-13-16;/h6-7,12,14,16-17,21H,3-5,8-11,13H2,1-2H3,(H,22,23);1H. The lowest BCUT2D eigenvalue weighted by Gasteiger charge is -2.28. The monoisotopic (exact) mass is 382 g/mol. The molecule has 0 bridgehead atoms. The van der Waals surface area contributed by atoms with Crippen LogP contribution in [0.3, 0.4) is 0 Å². The molecule has 3 unspecified atom stereocenters. The summed E-state index contributed by atoms with van der Waals surface area (Å²) >= 11 is 0. The van der Waals surface area contributed by atoms with E-state index >= 15 is 0 Å². The van der Waals surface area contributed by atoms with E-state index in [1.807, 2.05) is 18.2 Å². The highest BCUT2D eigenvalue weighted by molar-refractivity contribution is 5.85. The van der Waals surface area contributed by atoms with Crippen LogP contribution >= 0.6 is 12.4 Å². The van der Waals surface area contributed by atoms with Gasteiger partial charge in [0.1, 0.15) is 13.2 Å². The number of benzene rings is 1. The van der Waals surface area contributed by atoms with E-state index in [2.05, 4.69) is 24.5 Å². The van der Waals surface area contributed by atoms with Crippen LogP contribution in [0.4, 0.5) is 0 Å². The smallest absolute Gasteiger partial charge is 0.220 e. The zero-order chi connectivity index (χ0) is 17.6. The van der Waals surface area contributed by atoms with Crippen molar-refractivity contribution >= 4 is 18.3 Å². The first-order valence-corrected chi connectivity index (χ1v) is 9.57. The van der Waals surface area contributed by atoms with Gasteiger partial charge in [-0.1, -0.05) is 19.9 Å². The van der Waals surface area contributed by atoms with Crippen LogP contribution in [0.5, 0.6) is 11.5 Å². The number of hydrogen-bond acceptors (Lipinski definition) is 4. The lowest BCUT2D eigenvalue weighted by Crippen LogP contribution is -2.36. The van der Waals surface area contributed by atoms with Crippen LogP contribution in [0.2, 0.25) is 0 Å². The van der Waals surface area contributed by atoms with Gasteiger partial charge < -0.3 is 20.1 Å². The van der Waals surface area contributed by atoms with Gasteiger partial charge in [0.05, 0.1) is 6.04 Å². The Labute approximate surface area is 162 Å². The molecule has 2 aliphatic rings. The van der Waals surface area contributed by atoms with Gasteiger partial charge in [-0.3, -0.25) is 4.79 Å². The normalized spacial score (nSPS) is 21.2. The quantitative estimate of drug-likeness (QED) is 0.790. The third-order valence-corrected chi connectivity index (χ3v) is 5.36. The van der Waals surface area contributed by atoms with Crippen LogP contribution in [0.25, 0.3) is 0 Å². The Bertz CT molecular complexity index is 590. The molecule has 1 amide bonds. The molecular weight excluding hydrogens is 352 g/mol. The minimum atomic E-state index is 0. The maximum Gasteiger partial charge on any atom is 0.220 e. The summed E-state index contributed by atoms with van der Waals surface area (Å²) < 4.78 is 11.2. The number of nitrogens with one attached hydrogen (secondary N) is 2. The second-order valence-corrected chi connectivity index (χ2v) is 7.22. The molecule has 0 spiro atoms. The molecule has 5 nitrogen and oxygen atoms in total. The van der Waals surface area contributed by atoms with Crippen molar-refractivity contribution in [3.05, 3.63) is 23.8 Å². The van der Waals surface area contributed by atoms with Gasteiger partial charge in [0.15, 0.2) is 11.5 Å². The van der Waals surface area contributed by atoms with Crippen molar-refractivity contribution in [2.75, 3.05) is 26.3 Å². The molecule has 0 aliphatic carbocycles. The number of hydrogen-bond donors (Lipinski definition) is 2. The van der Waals surface area contributed by atoms with Crippen LogP contribution in [0, 0.1) is 11.8 Å². The molecule has 1 fully saturated rings. The average molecular weight is 383 g/mol. The predicted molar refractivity (Wildman–Crippen MR) is 105 cm³/mol. The zero-order valence-electron chi connectivity index (χ0n) is 15.8. The fourth-order valence-corrected chi connectivity index (χ4v) is 3.77. The summed E-state index contributed by atoms with van der Waals surface area (Å²) in [6.45, 7) is 7.60. The second-order valence-electron chi connectivity index (χ2n) is 7.22. The van der Waals surface area contributed by atoms with E-state index in [1.54, 1.807) is 0 Å². The summed E-state index contributed by atoms with van der Waals surface area (Å²) in [5.74, 6) is 2.71. The van der Waals surface area contributed by atoms with E-state index in [1.165, 1.54) is 12.8 Å². The molecular formula is C20H31ClN2O3. The first-order valence-electron chi connectivity index (χ1n) is 9.57. The van der Waals surface area contributed by atoms with E-state index < -0.39 is 0 Å². The van der Waals surface area contributed by atoms with E-state index in [0.717, 1.165) is 36.6 Å². The van der Waals surface area contributed by atoms with Crippen molar-refractivity contribution in [3.8, 4) is 11.5 Å². The first kappa shape index (κ1) is 20.8. The number of carbonyl (C=O) groups is 1. The minimum absolute atomic E-state index is 0. The van der Waals surface area contributed by atoms with Gasteiger partial charge in [0, 0.05) is 6.42 Å². The number of halogens is 1. The maximum absolute atomic E-state index is 12.5. The maximum atomic E-state index is 12.5. The van der Waals surface area contributed by atoms with E-state index in [-0.39, 0.29) is 24.4 Å². The molecule has 26 heavy (non-hydrogen) atoms. The third kappa shape index (κ3) is 5.27. The molecule has 1 aromatic rings. The predicted octanol–water partition coefficient (Wildman–Crippen LogP) is 3.47. The van der Waals surface area contributed by atoms with Crippen LogP contribution in [0.15, 0.2) is 18.2 Å². The third-order valence-electron chi connectivity index (χ3n) is 5.36. The van der Waals surface area contributed by atoms with E-state index in [9.17, 15) is 4.79 Å². The first-order chi connectivity index (χ1) is 12.2. The lowest BCUT2D eigenvalue weighted by molar-refractivity contribution is -0.123. The Morgan fingerprint density at radius 2 is 2.08 bits per heavy atom. The van der Waals surface area contributed by atoms with Crippen LogP contribution in [-0.4, -0.2) is 32.2 Å². The Morgan fingerprint density at radius 3 is 2.77 bits per heavy atom. The molecule has 3 atom stereocenters. The molecule has 0 saturated carbocycles. The largest absolute Gasteiger partial charge is 0.486 e. The fraction of sp³-hybridized carbons (Fsp3) is 0.650. The molecule has 2 heterocycles. The van der Waals surface area contributed by atoms with Crippen molar-refractivity contribution in [3.63, 3.8) is 0 Å². The molecule has 1 aromatic carbocycles. The number of fused-ring (bicyclic) bond motifs is 1. The summed E-state index contributed by atoms with van der Waals surface area (Å²) in [6, 6.07) is 5.98. The van der Waals surface area contributed by atoms with Gasteiger partial charge in [0.2, 0.25) is 5.91 Å².